The lowest BCUT2D eigenvalue weighted by Crippen LogP contribution is -2.61. The van der Waals surface area contributed by atoms with E-state index in [1.165, 1.54) is 12.7 Å². The summed E-state index contributed by atoms with van der Waals surface area (Å²) in [6, 6.07) is 7.46. The number of nitrogens with one attached hydrogen (secondary N) is 1. The molecule has 0 amide bonds. The summed E-state index contributed by atoms with van der Waals surface area (Å²) in [5, 5.41) is 10.1. The van der Waals surface area contributed by atoms with Crippen LogP contribution in [0.2, 0.25) is 5.02 Å². The van der Waals surface area contributed by atoms with Crippen LogP contribution in [0.3, 0.4) is 0 Å². The fourth-order valence-electron chi connectivity index (χ4n) is 4.51. The van der Waals surface area contributed by atoms with Crippen LogP contribution in [0.1, 0.15) is 38.7 Å². The van der Waals surface area contributed by atoms with E-state index in [1.54, 1.807) is 18.2 Å². The maximum Gasteiger partial charge on any atom is 0.287 e. The first-order valence-corrected chi connectivity index (χ1v) is 10.2. The minimum absolute atomic E-state index is 0.133. The van der Waals surface area contributed by atoms with Gasteiger partial charge < -0.3 is 9.29 Å². The molecule has 0 heterocycles. The molecule has 4 rings (SSSR count). The number of halogens is 1. The van der Waals surface area contributed by atoms with Gasteiger partial charge in [0.15, 0.2) is 0 Å². The topological polar surface area (TPSA) is 58.6 Å². The zero-order valence-electron chi connectivity index (χ0n) is 14.7. The zero-order chi connectivity index (χ0) is 18.0. The van der Waals surface area contributed by atoms with Crippen LogP contribution in [0.5, 0.6) is 0 Å². The van der Waals surface area contributed by atoms with Crippen molar-refractivity contribution in [2.75, 3.05) is 6.61 Å². The predicted octanol–water partition coefficient (Wildman–Crippen LogP) is 3.93. The minimum atomic E-state index is -1.58. The lowest BCUT2D eigenvalue weighted by atomic mass is 9.44. The molecule has 4 nitrogen and oxygen atoms in total. The Hall–Kier alpha value is -0.880. The Bertz CT molecular complexity index is 647. The molecule has 0 aromatic heterocycles. The summed E-state index contributed by atoms with van der Waals surface area (Å²) >= 11 is 4.26. The lowest BCUT2D eigenvalue weighted by Gasteiger charge is -2.62. The van der Waals surface area contributed by atoms with Gasteiger partial charge in [-0.1, -0.05) is 37.6 Å². The second-order valence-corrected chi connectivity index (χ2v) is 9.02. The number of hydrogen-bond acceptors (Lipinski definition) is 3. The summed E-state index contributed by atoms with van der Waals surface area (Å²) in [5.41, 5.74) is 1.26. The Morgan fingerprint density at radius 2 is 2.08 bits per heavy atom. The summed E-state index contributed by atoms with van der Waals surface area (Å²) in [6.07, 6.45) is 6.16. The predicted molar refractivity (Wildman–Crippen MR) is 102 cm³/mol. The molecule has 25 heavy (non-hydrogen) atoms. The Morgan fingerprint density at radius 3 is 2.72 bits per heavy atom. The fraction of sp³-hybridized carbons (Fsp3) is 0.579. The summed E-state index contributed by atoms with van der Waals surface area (Å²) in [7, 11) is 0. The van der Waals surface area contributed by atoms with Crippen LogP contribution in [-0.4, -0.2) is 22.0 Å². The molecule has 0 radical (unpaired) electrons. The van der Waals surface area contributed by atoms with Crippen molar-refractivity contribution in [1.29, 1.82) is 0 Å². The third kappa shape index (κ3) is 4.11. The van der Waals surface area contributed by atoms with E-state index in [4.69, 9.17) is 15.8 Å². The lowest BCUT2D eigenvalue weighted by molar-refractivity contribution is -0.121. The number of aliphatic hydroxyl groups is 1. The molecule has 2 N–H and O–H groups in total. The highest BCUT2D eigenvalue weighted by Crippen LogP contribution is 2.62. The second-order valence-electron chi connectivity index (χ2n) is 7.68. The van der Waals surface area contributed by atoms with Crippen LogP contribution in [0, 0.1) is 23.2 Å². The van der Waals surface area contributed by atoms with Gasteiger partial charge in [-0.3, -0.25) is 0 Å². The molecule has 3 saturated carbocycles. The molecule has 2 unspecified atom stereocenters. The number of hydrogen-bond donors (Lipinski definition) is 2. The number of rotatable bonds is 7. The van der Waals surface area contributed by atoms with Gasteiger partial charge in [-0.25, -0.2) is 4.72 Å². The maximum absolute atomic E-state index is 12.2. The molecule has 3 aliphatic carbocycles. The average Bonchev–Trinajstić information content (AvgIpc) is 2.58. The van der Waals surface area contributed by atoms with E-state index < -0.39 is 11.3 Å². The van der Waals surface area contributed by atoms with Crippen LogP contribution >= 0.6 is 11.6 Å². The van der Waals surface area contributed by atoms with E-state index in [-0.39, 0.29) is 12.6 Å². The first-order chi connectivity index (χ1) is 11.9. The molecule has 0 spiro atoms. The first kappa shape index (κ1) is 18.9. The van der Waals surface area contributed by atoms with Gasteiger partial charge in [0.25, 0.3) is 11.3 Å². The van der Waals surface area contributed by atoms with E-state index in [1.807, 2.05) is 12.1 Å². The van der Waals surface area contributed by atoms with Gasteiger partial charge in [-0.15, -0.1) is 0 Å². The molecular formula is C19H26ClNO3S. The van der Waals surface area contributed by atoms with Gasteiger partial charge in [-0.05, 0) is 66.2 Å². The highest BCUT2D eigenvalue weighted by molar-refractivity contribution is 7.78. The highest BCUT2D eigenvalue weighted by Gasteiger charge is 2.57. The van der Waals surface area contributed by atoms with Gasteiger partial charge >= 0.3 is 0 Å². The summed E-state index contributed by atoms with van der Waals surface area (Å²) in [6.45, 7) is 4.80. The van der Waals surface area contributed by atoms with Gasteiger partial charge in [0, 0.05) is 17.7 Å². The fourth-order valence-corrected chi connectivity index (χ4v) is 5.37. The van der Waals surface area contributed by atoms with Crippen LogP contribution in [0.4, 0.5) is 0 Å². The largest absolute Gasteiger partial charge is 0.397 e. The minimum Gasteiger partial charge on any atom is -0.397 e. The Labute approximate surface area is 157 Å². The third-order valence-corrected chi connectivity index (χ3v) is 7.13. The van der Waals surface area contributed by atoms with E-state index in [9.17, 15) is 9.32 Å². The van der Waals surface area contributed by atoms with Crippen LogP contribution in [0.25, 0.3) is 6.08 Å². The van der Waals surface area contributed by atoms with Gasteiger partial charge in [-0.2, -0.15) is 4.21 Å². The van der Waals surface area contributed by atoms with Crippen LogP contribution < -0.4 is 4.72 Å². The molecular weight excluding hydrogens is 358 g/mol. The standard InChI is InChI=1S/C19H26ClNO3S/c1-19(2)14-11-17(19)16(7-9-22)18(12-14)21-25(23)24-10-8-13-3-5-15(20)6-4-13/h3-6,8,10,14,16-18,21-22H,7,9,11-12H2,1-2H3/t14-,16+,17+,18?,25?/m1/s1. The third-order valence-electron chi connectivity index (χ3n) is 6.10. The molecule has 2 bridgehead atoms. The highest BCUT2D eigenvalue weighted by atomic mass is 35.5. The molecule has 3 fully saturated rings. The van der Waals surface area contributed by atoms with Crippen LogP contribution in [0.15, 0.2) is 30.5 Å². The molecule has 6 heteroatoms. The zero-order valence-corrected chi connectivity index (χ0v) is 16.2. The summed E-state index contributed by atoms with van der Waals surface area (Å²) < 4.78 is 20.6. The summed E-state index contributed by atoms with van der Waals surface area (Å²) in [4.78, 5) is 0. The Morgan fingerprint density at radius 1 is 1.36 bits per heavy atom. The van der Waals surface area contributed by atoms with Gasteiger partial charge in [0.1, 0.15) is 6.26 Å². The van der Waals surface area contributed by atoms with Crippen molar-refractivity contribution >= 4 is 28.9 Å². The molecule has 138 valence electrons. The number of benzene rings is 1. The van der Waals surface area contributed by atoms with E-state index in [2.05, 4.69) is 18.6 Å². The van der Waals surface area contributed by atoms with Crippen molar-refractivity contribution in [2.45, 2.75) is 39.2 Å². The summed E-state index contributed by atoms with van der Waals surface area (Å²) in [5.74, 6) is 1.59. The normalized spacial score (nSPS) is 31.5. The van der Waals surface area contributed by atoms with Gasteiger partial charge in [0.05, 0.1) is 0 Å². The maximum atomic E-state index is 12.2. The number of aliphatic hydroxyl groups excluding tert-OH is 1. The van der Waals surface area contributed by atoms with E-state index in [0.717, 1.165) is 18.4 Å². The SMILES string of the molecule is CC1(C)[C@H]2CC(NS(=O)OC=Cc3ccc(Cl)cc3)[C@@H](CCO)[C@@H]1C2. The van der Waals surface area contributed by atoms with Crippen molar-refractivity contribution in [3.8, 4) is 0 Å². The Balaban J connectivity index is 1.54. The Kier molecular flexibility index (Phi) is 5.88. The van der Waals surface area contributed by atoms with Crippen molar-refractivity contribution in [3.63, 3.8) is 0 Å². The van der Waals surface area contributed by atoms with Crippen molar-refractivity contribution in [1.82, 2.24) is 4.72 Å². The van der Waals surface area contributed by atoms with Crippen LogP contribution in [-0.2, 0) is 15.4 Å². The second kappa shape index (κ2) is 7.78. The van der Waals surface area contributed by atoms with Crippen molar-refractivity contribution in [2.24, 2.45) is 23.2 Å². The van der Waals surface area contributed by atoms with E-state index >= 15 is 0 Å². The number of fused-ring (bicyclic) bond motifs is 2. The molecule has 3 aliphatic rings. The van der Waals surface area contributed by atoms with Crippen molar-refractivity contribution < 1.29 is 13.5 Å². The molecule has 5 atom stereocenters. The van der Waals surface area contributed by atoms with Crippen molar-refractivity contribution in [3.05, 3.63) is 41.1 Å². The van der Waals surface area contributed by atoms with E-state index in [0.29, 0.717) is 28.2 Å². The first-order valence-electron chi connectivity index (χ1n) is 8.80. The monoisotopic (exact) mass is 383 g/mol. The average molecular weight is 384 g/mol. The molecule has 1 aromatic rings. The van der Waals surface area contributed by atoms with Gasteiger partial charge in [0.2, 0.25) is 0 Å². The smallest absolute Gasteiger partial charge is 0.287 e. The molecule has 0 aliphatic heterocycles. The molecule has 1 aromatic carbocycles. The quantitative estimate of drug-likeness (QED) is 0.701. The molecule has 0 saturated heterocycles.